The van der Waals surface area contributed by atoms with Gasteiger partial charge in [-0.25, -0.2) is 13.6 Å². The number of thiophene rings is 1. The van der Waals surface area contributed by atoms with Gasteiger partial charge in [0.25, 0.3) is 0 Å². The Kier molecular flexibility index (Phi) is 6.50. The summed E-state index contributed by atoms with van der Waals surface area (Å²) in [5.41, 5.74) is 2.14. The van der Waals surface area contributed by atoms with Crippen LogP contribution in [0.1, 0.15) is 69.9 Å². The van der Waals surface area contributed by atoms with Gasteiger partial charge in [-0.2, -0.15) is 0 Å². The Morgan fingerprint density at radius 1 is 1.26 bits per heavy atom. The molecule has 0 spiro atoms. The van der Waals surface area contributed by atoms with Gasteiger partial charge < -0.3 is 0 Å². The molecule has 0 bridgehead atoms. The Bertz CT molecular complexity index is 492. The molecule has 1 aromatic heterocycles. The zero-order valence-electron chi connectivity index (χ0n) is 12.1. The standard InChI is InChI=1S/C14H25NO2S2/c1-4-6-7-8-9-12-13(11(3)5-2)10-18-14(12)19(15,16)17/h10-11H,4-9H2,1-3H3,(H2,15,16,17). The van der Waals surface area contributed by atoms with Crippen molar-refractivity contribution in [2.75, 3.05) is 0 Å². The van der Waals surface area contributed by atoms with Crippen molar-refractivity contribution < 1.29 is 8.42 Å². The second-order valence-electron chi connectivity index (χ2n) is 5.12. The zero-order chi connectivity index (χ0) is 14.5. The van der Waals surface area contributed by atoms with E-state index in [4.69, 9.17) is 5.14 Å². The van der Waals surface area contributed by atoms with E-state index >= 15 is 0 Å². The molecule has 0 aliphatic carbocycles. The summed E-state index contributed by atoms with van der Waals surface area (Å²) in [5, 5.41) is 7.30. The average molecular weight is 303 g/mol. The van der Waals surface area contributed by atoms with Crippen LogP contribution in [0.2, 0.25) is 0 Å². The minimum atomic E-state index is -3.58. The highest BCUT2D eigenvalue weighted by atomic mass is 32.2. The number of rotatable bonds is 8. The molecule has 0 fully saturated rings. The molecule has 0 radical (unpaired) electrons. The van der Waals surface area contributed by atoms with Gasteiger partial charge in [-0.15, -0.1) is 11.3 Å². The van der Waals surface area contributed by atoms with E-state index in [9.17, 15) is 8.42 Å². The highest BCUT2D eigenvalue weighted by Gasteiger charge is 2.21. The number of hydrogen-bond acceptors (Lipinski definition) is 3. The Balaban J connectivity index is 2.98. The first-order chi connectivity index (χ1) is 8.91. The van der Waals surface area contributed by atoms with Crippen LogP contribution in [0.4, 0.5) is 0 Å². The highest BCUT2D eigenvalue weighted by Crippen LogP contribution is 2.34. The van der Waals surface area contributed by atoms with E-state index in [1.165, 1.54) is 29.7 Å². The van der Waals surface area contributed by atoms with E-state index in [1.54, 1.807) is 0 Å². The summed E-state index contributed by atoms with van der Waals surface area (Å²) in [6.45, 7) is 6.44. The van der Waals surface area contributed by atoms with Crippen LogP contribution in [-0.2, 0) is 16.4 Å². The molecule has 0 aliphatic heterocycles. The highest BCUT2D eigenvalue weighted by molar-refractivity contribution is 7.91. The van der Waals surface area contributed by atoms with Crippen LogP contribution in [0.5, 0.6) is 0 Å². The number of nitrogens with two attached hydrogens (primary N) is 1. The van der Waals surface area contributed by atoms with Gasteiger partial charge in [-0.05, 0) is 41.7 Å². The Morgan fingerprint density at radius 3 is 2.47 bits per heavy atom. The summed E-state index contributed by atoms with van der Waals surface area (Å²) in [6.07, 6.45) is 6.42. The fourth-order valence-corrected chi connectivity index (χ4v) is 4.44. The summed E-state index contributed by atoms with van der Waals surface area (Å²) >= 11 is 1.28. The molecular formula is C14H25NO2S2. The Labute approximate surface area is 121 Å². The lowest BCUT2D eigenvalue weighted by Gasteiger charge is -2.11. The summed E-state index contributed by atoms with van der Waals surface area (Å²) < 4.78 is 23.7. The SMILES string of the molecule is CCCCCCc1c(C(C)CC)csc1S(N)(=O)=O. The lowest BCUT2D eigenvalue weighted by Crippen LogP contribution is -2.13. The predicted octanol–water partition coefficient (Wildman–Crippen LogP) is 4.03. The number of sulfonamides is 1. The first-order valence-electron chi connectivity index (χ1n) is 7.04. The van der Waals surface area contributed by atoms with Gasteiger partial charge in [0.05, 0.1) is 0 Å². The van der Waals surface area contributed by atoms with E-state index in [1.807, 2.05) is 5.38 Å². The van der Waals surface area contributed by atoms with E-state index in [0.29, 0.717) is 10.1 Å². The fraction of sp³-hybridized carbons (Fsp3) is 0.714. The Morgan fingerprint density at radius 2 is 1.95 bits per heavy atom. The molecule has 19 heavy (non-hydrogen) atoms. The molecule has 0 saturated carbocycles. The molecule has 0 aromatic carbocycles. The maximum atomic E-state index is 11.7. The summed E-state index contributed by atoms with van der Waals surface area (Å²) in [5.74, 6) is 0.396. The molecule has 1 aromatic rings. The minimum Gasteiger partial charge on any atom is -0.224 e. The van der Waals surface area contributed by atoms with E-state index < -0.39 is 10.0 Å². The van der Waals surface area contributed by atoms with Crippen molar-refractivity contribution >= 4 is 21.4 Å². The largest absolute Gasteiger partial charge is 0.247 e. The molecule has 2 N–H and O–H groups in total. The van der Waals surface area contributed by atoms with Crippen molar-refractivity contribution in [2.24, 2.45) is 5.14 Å². The molecular weight excluding hydrogens is 278 g/mol. The monoisotopic (exact) mass is 303 g/mol. The molecule has 1 heterocycles. The van der Waals surface area contributed by atoms with E-state index in [-0.39, 0.29) is 0 Å². The van der Waals surface area contributed by atoms with Gasteiger partial charge in [-0.1, -0.05) is 40.0 Å². The molecule has 1 atom stereocenters. The van der Waals surface area contributed by atoms with Crippen LogP contribution in [-0.4, -0.2) is 8.42 Å². The van der Waals surface area contributed by atoms with Gasteiger partial charge in [0.15, 0.2) is 0 Å². The van der Waals surface area contributed by atoms with Crippen molar-refractivity contribution in [1.29, 1.82) is 0 Å². The van der Waals surface area contributed by atoms with Crippen LogP contribution in [0.15, 0.2) is 9.59 Å². The predicted molar refractivity (Wildman–Crippen MR) is 82.2 cm³/mol. The zero-order valence-corrected chi connectivity index (χ0v) is 13.7. The maximum absolute atomic E-state index is 11.7. The van der Waals surface area contributed by atoms with Crippen LogP contribution < -0.4 is 5.14 Å². The van der Waals surface area contributed by atoms with E-state index in [2.05, 4.69) is 20.8 Å². The minimum absolute atomic E-state index is 0.374. The van der Waals surface area contributed by atoms with Gasteiger partial charge in [0.1, 0.15) is 4.21 Å². The number of unbranched alkanes of at least 4 members (excludes halogenated alkanes) is 3. The lowest BCUT2D eigenvalue weighted by atomic mass is 9.95. The summed E-state index contributed by atoms with van der Waals surface area (Å²) in [6, 6.07) is 0. The fourth-order valence-electron chi connectivity index (χ4n) is 2.22. The van der Waals surface area contributed by atoms with Gasteiger partial charge in [-0.3, -0.25) is 0 Å². The topological polar surface area (TPSA) is 60.2 Å². The molecule has 110 valence electrons. The lowest BCUT2D eigenvalue weighted by molar-refractivity contribution is 0.597. The van der Waals surface area contributed by atoms with E-state index in [0.717, 1.165) is 31.2 Å². The molecule has 1 rings (SSSR count). The molecule has 5 heteroatoms. The van der Waals surface area contributed by atoms with Crippen LogP contribution in [0.25, 0.3) is 0 Å². The second kappa shape index (κ2) is 7.41. The molecule has 0 amide bonds. The third-order valence-electron chi connectivity index (χ3n) is 3.57. The van der Waals surface area contributed by atoms with Crippen molar-refractivity contribution in [3.63, 3.8) is 0 Å². The first-order valence-corrected chi connectivity index (χ1v) is 9.47. The van der Waals surface area contributed by atoms with Gasteiger partial charge in [0, 0.05) is 0 Å². The smallest absolute Gasteiger partial charge is 0.224 e. The average Bonchev–Trinajstić information content (AvgIpc) is 2.77. The summed E-state index contributed by atoms with van der Waals surface area (Å²) in [4.78, 5) is 0. The van der Waals surface area contributed by atoms with Gasteiger partial charge >= 0.3 is 0 Å². The van der Waals surface area contributed by atoms with Crippen LogP contribution >= 0.6 is 11.3 Å². The summed E-state index contributed by atoms with van der Waals surface area (Å²) in [7, 11) is -3.58. The maximum Gasteiger partial charge on any atom is 0.247 e. The van der Waals surface area contributed by atoms with Crippen molar-refractivity contribution in [3.05, 3.63) is 16.5 Å². The van der Waals surface area contributed by atoms with Crippen LogP contribution in [0, 0.1) is 0 Å². The van der Waals surface area contributed by atoms with Crippen LogP contribution in [0.3, 0.4) is 0 Å². The molecule has 1 unspecified atom stereocenters. The third kappa shape index (κ3) is 4.58. The van der Waals surface area contributed by atoms with Crippen molar-refractivity contribution in [3.8, 4) is 0 Å². The molecule has 0 aliphatic rings. The second-order valence-corrected chi connectivity index (χ2v) is 7.76. The first kappa shape index (κ1) is 16.7. The molecule has 3 nitrogen and oxygen atoms in total. The normalized spacial score (nSPS) is 13.7. The number of hydrogen-bond donors (Lipinski definition) is 1. The third-order valence-corrected chi connectivity index (χ3v) is 6.15. The Hall–Kier alpha value is -0.390. The van der Waals surface area contributed by atoms with Crippen molar-refractivity contribution in [1.82, 2.24) is 0 Å². The number of primary sulfonamides is 1. The molecule has 0 saturated heterocycles. The van der Waals surface area contributed by atoms with Gasteiger partial charge in [0.2, 0.25) is 10.0 Å². The van der Waals surface area contributed by atoms with Crippen molar-refractivity contribution in [2.45, 2.75) is 69.4 Å². The quantitative estimate of drug-likeness (QED) is 0.737.